The van der Waals surface area contributed by atoms with Crippen LogP contribution in [0.2, 0.25) is 0 Å². The summed E-state index contributed by atoms with van der Waals surface area (Å²) in [5.41, 5.74) is -0.560. The number of ether oxygens (including phenoxy) is 3. The Kier molecular flexibility index (Phi) is 4.56. The number of amides is 1. The zero-order chi connectivity index (χ0) is 13.9. The van der Waals surface area contributed by atoms with E-state index in [2.05, 4.69) is 4.74 Å². The Morgan fingerprint density at radius 2 is 1.94 bits per heavy atom. The molecule has 1 aliphatic heterocycles. The molecule has 0 spiro atoms. The Morgan fingerprint density at radius 3 is 2.44 bits per heavy atom. The van der Waals surface area contributed by atoms with Gasteiger partial charge in [-0.25, -0.2) is 9.59 Å². The number of carbonyl (C=O) groups excluding carboxylic acids is 2. The first-order valence-electron chi connectivity index (χ1n) is 5.93. The highest BCUT2D eigenvalue weighted by Gasteiger charge is 2.36. The minimum Gasteiger partial charge on any atom is -0.467 e. The number of morpholine rings is 1. The molecule has 0 aliphatic carbocycles. The number of methoxy groups -OCH3 is 1. The van der Waals surface area contributed by atoms with Crippen LogP contribution in [0.25, 0.3) is 0 Å². The summed E-state index contributed by atoms with van der Waals surface area (Å²) in [6.07, 6.45) is -1.18. The lowest BCUT2D eigenvalue weighted by Gasteiger charge is -2.37. The van der Waals surface area contributed by atoms with Crippen molar-refractivity contribution < 1.29 is 23.8 Å². The molecule has 1 aliphatic rings. The van der Waals surface area contributed by atoms with Gasteiger partial charge in [-0.2, -0.15) is 0 Å². The zero-order valence-electron chi connectivity index (χ0n) is 11.6. The van der Waals surface area contributed by atoms with Gasteiger partial charge in [0, 0.05) is 0 Å². The number of esters is 1. The minimum absolute atomic E-state index is 0.124. The lowest BCUT2D eigenvalue weighted by Crippen LogP contribution is -2.54. The molecular formula is C12H21NO5. The molecule has 1 rings (SSSR count). The molecule has 0 aromatic heterocycles. The van der Waals surface area contributed by atoms with Crippen molar-refractivity contribution in [2.75, 3.05) is 20.3 Å². The molecule has 0 radical (unpaired) electrons. The summed E-state index contributed by atoms with van der Waals surface area (Å²) in [5.74, 6) is -0.476. The Morgan fingerprint density at radius 1 is 1.33 bits per heavy atom. The molecule has 18 heavy (non-hydrogen) atoms. The summed E-state index contributed by atoms with van der Waals surface area (Å²) in [4.78, 5) is 24.9. The van der Waals surface area contributed by atoms with Crippen molar-refractivity contribution in [3.63, 3.8) is 0 Å². The summed E-state index contributed by atoms with van der Waals surface area (Å²) in [6, 6.07) is -0.124. The summed E-state index contributed by atoms with van der Waals surface area (Å²) < 4.78 is 15.2. The summed E-state index contributed by atoms with van der Waals surface area (Å²) in [5, 5.41) is 0. The van der Waals surface area contributed by atoms with E-state index in [9.17, 15) is 9.59 Å². The van der Waals surface area contributed by atoms with Crippen LogP contribution in [0.3, 0.4) is 0 Å². The summed E-state index contributed by atoms with van der Waals surface area (Å²) in [7, 11) is 1.29. The number of rotatable bonds is 1. The molecule has 6 heteroatoms. The van der Waals surface area contributed by atoms with Crippen LogP contribution in [0.1, 0.15) is 27.7 Å². The Hall–Kier alpha value is -1.30. The van der Waals surface area contributed by atoms with Gasteiger partial charge in [-0.05, 0) is 27.7 Å². The van der Waals surface area contributed by atoms with Crippen molar-refractivity contribution in [1.29, 1.82) is 0 Å². The molecular weight excluding hydrogens is 238 g/mol. The molecule has 0 saturated carbocycles. The normalized spacial score (nSPS) is 24.6. The van der Waals surface area contributed by atoms with Gasteiger partial charge in [0.2, 0.25) is 0 Å². The van der Waals surface area contributed by atoms with E-state index in [1.165, 1.54) is 12.0 Å². The Balaban J connectivity index is 2.67. The van der Waals surface area contributed by atoms with Crippen LogP contribution < -0.4 is 0 Å². The van der Waals surface area contributed by atoms with Gasteiger partial charge >= 0.3 is 12.1 Å². The SMILES string of the molecule is COC(=O)C1CN(C(=O)OC(C)(C)C)[C@H](C)CO1. The number of carbonyl (C=O) groups is 2. The minimum atomic E-state index is -0.737. The van der Waals surface area contributed by atoms with E-state index in [-0.39, 0.29) is 12.6 Å². The molecule has 1 saturated heterocycles. The number of nitrogens with zero attached hydrogens (tertiary/aromatic N) is 1. The Labute approximate surface area is 107 Å². The third-order valence-corrected chi connectivity index (χ3v) is 2.53. The highest BCUT2D eigenvalue weighted by molar-refractivity contribution is 5.76. The van der Waals surface area contributed by atoms with Crippen LogP contribution in [0, 0.1) is 0 Å². The lowest BCUT2D eigenvalue weighted by molar-refractivity contribution is -0.161. The zero-order valence-corrected chi connectivity index (χ0v) is 11.6. The molecule has 2 atom stereocenters. The second-order valence-corrected chi connectivity index (χ2v) is 5.33. The van der Waals surface area contributed by atoms with Gasteiger partial charge in [0.25, 0.3) is 0 Å². The predicted molar refractivity (Wildman–Crippen MR) is 64.2 cm³/mol. The van der Waals surface area contributed by atoms with Gasteiger partial charge in [0.15, 0.2) is 6.10 Å². The van der Waals surface area contributed by atoms with Gasteiger partial charge < -0.3 is 14.2 Å². The molecule has 0 bridgehead atoms. The Bertz CT molecular complexity index is 323. The first-order chi connectivity index (χ1) is 8.24. The van der Waals surface area contributed by atoms with E-state index < -0.39 is 23.8 Å². The van der Waals surface area contributed by atoms with Crippen LogP contribution in [0.15, 0.2) is 0 Å². The van der Waals surface area contributed by atoms with Crippen LogP contribution >= 0.6 is 0 Å². The number of hydrogen-bond donors (Lipinski definition) is 0. The van der Waals surface area contributed by atoms with Crippen molar-refractivity contribution in [1.82, 2.24) is 4.90 Å². The van der Waals surface area contributed by atoms with Crippen LogP contribution in [-0.4, -0.2) is 55.0 Å². The highest BCUT2D eigenvalue weighted by atomic mass is 16.6. The number of hydrogen-bond acceptors (Lipinski definition) is 5. The first-order valence-corrected chi connectivity index (χ1v) is 5.93. The quantitative estimate of drug-likeness (QED) is 0.662. The van der Waals surface area contributed by atoms with Crippen molar-refractivity contribution in [2.45, 2.75) is 45.4 Å². The summed E-state index contributed by atoms with van der Waals surface area (Å²) in [6.45, 7) is 7.69. The van der Waals surface area contributed by atoms with Gasteiger partial charge in [0.1, 0.15) is 5.60 Å². The molecule has 1 fully saturated rings. The average molecular weight is 259 g/mol. The van der Waals surface area contributed by atoms with E-state index in [0.717, 1.165) is 0 Å². The van der Waals surface area contributed by atoms with Crippen molar-refractivity contribution in [3.05, 3.63) is 0 Å². The van der Waals surface area contributed by atoms with Gasteiger partial charge in [-0.3, -0.25) is 4.90 Å². The summed E-state index contributed by atoms with van der Waals surface area (Å²) >= 11 is 0. The van der Waals surface area contributed by atoms with E-state index in [0.29, 0.717) is 6.61 Å². The largest absolute Gasteiger partial charge is 0.467 e. The van der Waals surface area contributed by atoms with Crippen molar-refractivity contribution in [2.24, 2.45) is 0 Å². The fraction of sp³-hybridized carbons (Fsp3) is 0.833. The molecule has 104 valence electrons. The van der Waals surface area contributed by atoms with E-state index in [4.69, 9.17) is 9.47 Å². The smallest absolute Gasteiger partial charge is 0.410 e. The van der Waals surface area contributed by atoms with Crippen molar-refractivity contribution >= 4 is 12.1 Å². The second kappa shape index (κ2) is 5.56. The second-order valence-electron chi connectivity index (χ2n) is 5.33. The van der Waals surface area contributed by atoms with Crippen LogP contribution in [0.5, 0.6) is 0 Å². The fourth-order valence-electron chi connectivity index (χ4n) is 1.61. The van der Waals surface area contributed by atoms with Crippen LogP contribution in [-0.2, 0) is 19.0 Å². The molecule has 0 N–H and O–H groups in total. The van der Waals surface area contributed by atoms with E-state index in [1.807, 2.05) is 6.92 Å². The standard InChI is InChI=1S/C12H21NO5/c1-8-7-17-9(10(14)16-5)6-13(8)11(15)18-12(2,3)4/h8-9H,6-7H2,1-5H3/t8-,9?/m1/s1. The highest BCUT2D eigenvalue weighted by Crippen LogP contribution is 2.17. The monoisotopic (exact) mass is 259 g/mol. The lowest BCUT2D eigenvalue weighted by atomic mass is 10.2. The third kappa shape index (κ3) is 3.87. The molecule has 1 unspecified atom stereocenters. The molecule has 0 aromatic carbocycles. The topological polar surface area (TPSA) is 65.1 Å². The fourth-order valence-corrected chi connectivity index (χ4v) is 1.61. The van der Waals surface area contributed by atoms with Crippen molar-refractivity contribution in [3.8, 4) is 0 Å². The maximum atomic E-state index is 12.0. The molecule has 1 heterocycles. The van der Waals surface area contributed by atoms with Gasteiger partial charge in [-0.15, -0.1) is 0 Å². The third-order valence-electron chi connectivity index (χ3n) is 2.53. The van der Waals surface area contributed by atoms with E-state index in [1.54, 1.807) is 20.8 Å². The van der Waals surface area contributed by atoms with Gasteiger partial charge in [0.05, 0.1) is 26.3 Å². The maximum absolute atomic E-state index is 12.0. The maximum Gasteiger partial charge on any atom is 0.410 e. The van der Waals surface area contributed by atoms with Crippen LogP contribution in [0.4, 0.5) is 4.79 Å². The van der Waals surface area contributed by atoms with Gasteiger partial charge in [-0.1, -0.05) is 0 Å². The first kappa shape index (κ1) is 14.8. The average Bonchev–Trinajstić information content (AvgIpc) is 2.26. The van der Waals surface area contributed by atoms with E-state index >= 15 is 0 Å². The molecule has 1 amide bonds. The molecule has 0 aromatic rings. The predicted octanol–water partition coefficient (Wildman–Crippen LogP) is 1.18. The molecule has 6 nitrogen and oxygen atoms in total.